The third kappa shape index (κ3) is 8.54. The molecule has 0 fully saturated rings. The first-order valence-electron chi connectivity index (χ1n) is 9.68. The van der Waals surface area contributed by atoms with Crippen molar-refractivity contribution in [3.05, 3.63) is 72.6 Å². The monoisotopic (exact) mass is 606 g/mol. The van der Waals surface area contributed by atoms with Crippen LogP contribution in [0, 0.1) is 23.1 Å². The van der Waals surface area contributed by atoms with Crippen LogP contribution >= 0.6 is 0 Å². The minimum Gasteiger partial charge on any atom is -0.393 e. The van der Waals surface area contributed by atoms with Gasteiger partial charge in [-0.05, 0) is 36.5 Å². The van der Waals surface area contributed by atoms with E-state index in [1.807, 2.05) is 20.8 Å². The summed E-state index contributed by atoms with van der Waals surface area (Å²) >= 11 is 0. The summed E-state index contributed by atoms with van der Waals surface area (Å²) in [5, 5.41) is 18.3. The SMILES string of the molecule is CC(O)CC(O)C(C)(C)C.Fc1c[c-]c(-c2nccnc2-c2ccc(F)cc2)cc1.[Ir]. The van der Waals surface area contributed by atoms with Crippen LogP contribution in [0.5, 0.6) is 0 Å². The van der Waals surface area contributed by atoms with Crippen LogP contribution in [0.2, 0.25) is 0 Å². The van der Waals surface area contributed by atoms with E-state index in [-0.39, 0.29) is 37.2 Å². The Bertz CT molecular complexity index is 863. The van der Waals surface area contributed by atoms with E-state index in [1.165, 1.54) is 24.3 Å². The van der Waals surface area contributed by atoms with E-state index in [0.717, 1.165) is 5.56 Å². The van der Waals surface area contributed by atoms with E-state index in [2.05, 4.69) is 16.0 Å². The largest absolute Gasteiger partial charge is 0.393 e. The number of hydrogen-bond donors (Lipinski definition) is 2. The molecule has 0 bridgehead atoms. The number of halogens is 2. The molecule has 2 aromatic carbocycles. The maximum absolute atomic E-state index is 13.0. The molecule has 0 aliphatic heterocycles. The van der Waals surface area contributed by atoms with Crippen molar-refractivity contribution in [2.24, 2.45) is 5.41 Å². The predicted molar refractivity (Wildman–Crippen MR) is 113 cm³/mol. The number of hydrogen-bond acceptors (Lipinski definition) is 4. The van der Waals surface area contributed by atoms with E-state index >= 15 is 0 Å². The fourth-order valence-electron chi connectivity index (χ4n) is 2.58. The maximum atomic E-state index is 13.0. The summed E-state index contributed by atoms with van der Waals surface area (Å²) in [7, 11) is 0. The molecule has 0 spiro atoms. The molecular formula is C24H27F2IrN2O2-. The summed E-state index contributed by atoms with van der Waals surface area (Å²) in [5.74, 6) is -0.673. The van der Waals surface area contributed by atoms with Crippen molar-refractivity contribution >= 4 is 0 Å². The van der Waals surface area contributed by atoms with Crippen LogP contribution in [0.3, 0.4) is 0 Å². The third-order valence-corrected chi connectivity index (χ3v) is 4.41. The zero-order chi connectivity index (χ0) is 22.3. The fraction of sp³-hybridized carbons (Fsp3) is 0.333. The zero-order valence-corrected chi connectivity index (χ0v) is 20.3. The van der Waals surface area contributed by atoms with Crippen LogP contribution in [-0.2, 0) is 20.1 Å². The molecule has 2 unspecified atom stereocenters. The summed E-state index contributed by atoms with van der Waals surface area (Å²) < 4.78 is 25.9. The van der Waals surface area contributed by atoms with Gasteiger partial charge in [0.25, 0.3) is 0 Å². The Morgan fingerprint density at radius 1 is 0.903 bits per heavy atom. The zero-order valence-electron chi connectivity index (χ0n) is 17.9. The van der Waals surface area contributed by atoms with Crippen LogP contribution in [0.4, 0.5) is 8.78 Å². The van der Waals surface area contributed by atoms with Crippen LogP contribution in [0.25, 0.3) is 22.5 Å². The van der Waals surface area contributed by atoms with Crippen LogP contribution in [-0.4, -0.2) is 32.4 Å². The van der Waals surface area contributed by atoms with Gasteiger partial charge in [-0.25, -0.2) is 4.39 Å². The second-order valence-electron chi connectivity index (χ2n) is 8.15. The number of benzene rings is 2. The van der Waals surface area contributed by atoms with Crippen LogP contribution in [0.1, 0.15) is 34.1 Å². The fourth-order valence-corrected chi connectivity index (χ4v) is 2.58. The first kappa shape index (κ1) is 27.0. The van der Waals surface area contributed by atoms with Gasteiger partial charge in [0, 0.05) is 44.0 Å². The molecule has 3 rings (SSSR count). The van der Waals surface area contributed by atoms with Crippen LogP contribution < -0.4 is 0 Å². The Kier molecular flexibility index (Phi) is 10.5. The number of aromatic nitrogens is 2. The van der Waals surface area contributed by atoms with Crippen molar-refractivity contribution in [2.75, 3.05) is 0 Å². The second-order valence-corrected chi connectivity index (χ2v) is 8.15. The van der Waals surface area contributed by atoms with Crippen molar-refractivity contribution in [2.45, 2.75) is 46.3 Å². The van der Waals surface area contributed by atoms with Crippen molar-refractivity contribution in [1.29, 1.82) is 0 Å². The molecule has 4 nitrogen and oxygen atoms in total. The van der Waals surface area contributed by atoms with Gasteiger partial charge in [-0.2, -0.15) is 0 Å². The van der Waals surface area contributed by atoms with Gasteiger partial charge in [0.05, 0.1) is 17.9 Å². The first-order valence-corrected chi connectivity index (χ1v) is 9.68. The maximum Gasteiger partial charge on any atom is 0.123 e. The van der Waals surface area contributed by atoms with Crippen molar-refractivity contribution < 1.29 is 39.1 Å². The molecule has 2 atom stereocenters. The van der Waals surface area contributed by atoms with Gasteiger partial charge in [-0.3, -0.25) is 9.37 Å². The van der Waals surface area contributed by atoms with E-state index in [0.29, 0.717) is 23.4 Å². The third-order valence-electron chi connectivity index (χ3n) is 4.41. The molecule has 0 saturated heterocycles. The predicted octanol–water partition coefficient (Wildman–Crippen LogP) is 5.05. The first-order chi connectivity index (χ1) is 14.1. The van der Waals surface area contributed by atoms with Crippen molar-refractivity contribution in [3.63, 3.8) is 0 Å². The smallest absolute Gasteiger partial charge is 0.123 e. The van der Waals surface area contributed by atoms with Gasteiger partial charge in [0.15, 0.2) is 0 Å². The van der Waals surface area contributed by atoms with E-state index in [9.17, 15) is 13.9 Å². The molecule has 0 saturated carbocycles. The molecular weight excluding hydrogens is 578 g/mol. The average Bonchev–Trinajstić information content (AvgIpc) is 2.69. The molecule has 1 radical (unpaired) electrons. The Morgan fingerprint density at radius 3 is 1.90 bits per heavy atom. The molecule has 2 N–H and O–H groups in total. The summed E-state index contributed by atoms with van der Waals surface area (Å²) in [6.45, 7) is 7.56. The molecule has 7 heteroatoms. The standard InChI is InChI=1S/C16H9F2N2.C8H18O2.Ir/c17-13-5-1-11(2-6-13)15-16(20-10-9-19-15)12-3-7-14(18)8-4-12;1-6(9)5-7(10)8(2,3)4;/h1-3,5-10H;6-7,9-10H,5H2,1-4H3;/q-1;;. The summed E-state index contributed by atoms with van der Waals surface area (Å²) in [6.07, 6.45) is 2.76. The molecule has 0 aliphatic carbocycles. The normalized spacial score (nSPS) is 12.8. The van der Waals surface area contributed by atoms with E-state index in [1.54, 1.807) is 37.5 Å². The van der Waals surface area contributed by atoms with Gasteiger partial charge in [0.1, 0.15) is 5.82 Å². The van der Waals surface area contributed by atoms with Gasteiger partial charge in [-0.15, -0.1) is 29.8 Å². The van der Waals surface area contributed by atoms with E-state index < -0.39 is 12.2 Å². The number of nitrogens with zero attached hydrogens (tertiary/aromatic N) is 2. The number of rotatable bonds is 4. The molecule has 1 aromatic heterocycles. The second kappa shape index (κ2) is 12.1. The minimum atomic E-state index is -0.410. The summed E-state index contributed by atoms with van der Waals surface area (Å²) in [5.41, 5.74) is 2.46. The molecule has 1 heterocycles. The van der Waals surface area contributed by atoms with Crippen molar-refractivity contribution in [1.82, 2.24) is 9.97 Å². The summed E-state index contributed by atoms with van der Waals surface area (Å²) in [6, 6.07) is 13.0. The van der Waals surface area contributed by atoms with Crippen molar-refractivity contribution in [3.8, 4) is 22.5 Å². The minimum absolute atomic E-state index is 0. The Hall–Kier alpha value is -2.05. The Morgan fingerprint density at radius 2 is 1.45 bits per heavy atom. The molecule has 0 aliphatic rings. The Balaban J connectivity index is 0.000000376. The van der Waals surface area contributed by atoms with E-state index in [4.69, 9.17) is 5.11 Å². The molecule has 169 valence electrons. The van der Waals surface area contributed by atoms with Gasteiger partial charge in [-0.1, -0.05) is 32.9 Å². The van der Waals surface area contributed by atoms with Gasteiger partial charge >= 0.3 is 0 Å². The Labute approximate surface area is 195 Å². The molecule has 3 aromatic rings. The van der Waals surface area contributed by atoms with Crippen LogP contribution in [0.15, 0.2) is 54.9 Å². The molecule has 0 amide bonds. The number of aliphatic hydroxyl groups is 2. The van der Waals surface area contributed by atoms with Gasteiger partial charge in [0.2, 0.25) is 0 Å². The molecule has 31 heavy (non-hydrogen) atoms. The number of aliphatic hydroxyl groups excluding tert-OH is 2. The summed E-state index contributed by atoms with van der Waals surface area (Å²) in [4.78, 5) is 8.55. The topological polar surface area (TPSA) is 66.2 Å². The quantitative estimate of drug-likeness (QED) is 0.409. The van der Waals surface area contributed by atoms with Gasteiger partial charge < -0.3 is 15.2 Å². The average molecular weight is 606 g/mol.